The van der Waals surface area contributed by atoms with E-state index in [0.29, 0.717) is 0 Å². The fourth-order valence-electron chi connectivity index (χ4n) is 2.87. The van der Waals surface area contributed by atoms with Gasteiger partial charge in [0, 0.05) is 10.4 Å². The Morgan fingerprint density at radius 1 is 1.22 bits per heavy atom. The first kappa shape index (κ1) is 14.0. The first-order chi connectivity index (χ1) is 8.53. The molecule has 1 atom stereocenters. The van der Waals surface area contributed by atoms with E-state index in [1.807, 2.05) is 0 Å². The molecule has 1 unspecified atom stereocenters. The van der Waals surface area contributed by atoms with E-state index in [1.165, 1.54) is 49.2 Å². The molecule has 1 aliphatic heterocycles. The molecule has 0 aliphatic carbocycles. The minimum absolute atomic E-state index is 0.0555. The monoisotopic (exact) mass is 266 g/mol. The van der Waals surface area contributed by atoms with Crippen LogP contribution >= 0.6 is 11.3 Å². The van der Waals surface area contributed by atoms with Gasteiger partial charge in [0.05, 0.1) is 6.04 Å². The van der Waals surface area contributed by atoms with Crippen LogP contribution in [0.15, 0.2) is 11.4 Å². The maximum atomic E-state index is 6.57. The molecule has 2 nitrogen and oxygen atoms in total. The highest BCUT2D eigenvalue weighted by molar-refractivity contribution is 7.10. The molecule has 1 aromatic rings. The molecule has 0 spiro atoms. The van der Waals surface area contributed by atoms with Crippen molar-refractivity contribution in [1.29, 1.82) is 0 Å². The second-order valence-electron chi connectivity index (χ2n) is 6.00. The van der Waals surface area contributed by atoms with Crippen molar-refractivity contribution in [3.8, 4) is 0 Å². The predicted octanol–water partition coefficient (Wildman–Crippen LogP) is 3.71. The molecular formula is C15H26N2S. The molecular weight excluding hydrogens is 240 g/mol. The Bertz CT molecular complexity index is 376. The van der Waals surface area contributed by atoms with Crippen molar-refractivity contribution in [2.24, 2.45) is 5.73 Å². The van der Waals surface area contributed by atoms with Crippen LogP contribution in [-0.2, 0) is 0 Å². The van der Waals surface area contributed by atoms with Gasteiger partial charge in [0.25, 0.3) is 0 Å². The van der Waals surface area contributed by atoms with Crippen LogP contribution in [0.1, 0.15) is 56.0 Å². The number of rotatable bonds is 3. The van der Waals surface area contributed by atoms with E-state index in [9.17, 15) is 0 Å². The third-order valence-corrected chi connectivity index (χ3v) is 5.47. The topological polar surface area (TPSA) is 29.3 Å². The lowest BCUT2D eigenvalue weighted by molar-refractivity contribution is 0.0989. The van der Waals surface area contributed by atoms with Crippen molar-refractivity contribution >= 4 is 11.3 Å². The summed E-state index contributed by atoms with van der Waals surface area (Å²) in [5.74, 6) is 0. The largest absolute Gasteiger partial charge is 0.322 e. The van der Waals surface area contributed by atoms with Crippen LogP contribution in [0.4, 0.5) is 0 Å². The van der Waals surface area contributed by atoms with E-state index in [1.54, 1.807) is 11.3 Å². The number of hydrogen-bond donors (Lipinski definition) is 1. The number of likely N-dealkylation sites (tertiary alicyclic amines) is 1. The van der Waals surface area contributed by atoms with Crippen molar-refractivity contribution in [1.82, 2.24) is 4.90 Å². The summed E-state index contributed by atoms with van der Waals surface area (Å²) < 4.78 is 0. The summed E-state index contributed by atoms with van der Waals surface area (Å²) in [5.41, 5.74) is 7.97. The van der Waals surface area contributed by atoms with Gasteiger partial charge in [-0.3, -0.25) is 4.90 Å². The van der Waals surface area contributed by atoms with Crippen LogP contribution in [0.5, 0.6) is 0 Å². The maximum Gasteiger partial charge on any atom is 0.0574 e. The van der Waals surface area contributed by atoms with Crippen molar-refractivity contribution in [3.63, 3.8) is 0 Å². The number of nitrogens with zero attached hydrogens (tertiary/aromatic N) is 1. The summed E-state index contributed by atoms with van der Waals surface area (Å²) in [5, 5.41) is 2.16. The number of aryl methyl sites for hydroxylation is 1. The van der Waals surface area contributed by atoms with Gasteiger partial charge < -0.3 is 5.73 Å². The molecule has 0 amide bonds. The molecule has 1 aromatic heterocycles. The van der Waals surface area contributed by atoms with Crippen LogP contribution in [0, 0.1) is 6.92 Å². The molecule has 18 heavy (non-hydrogen) atoms. The first-order valence-corrected chi connectivity index (χ1v) is 7.96. The molecule has 0 bridgehead atoms. The van der Waals surface area contributed by atoms with Gasteiger partial charge in [-0.25, -0.2) is 0 Å². The molecule has 2 rings (SSSR count). The Balaban J connectivity index is 2.16. The molecule has 2 N–H and O–H groups in total. The fourth-order valence-corrected chi connectivity index (χ4v) is 3.98. The molecule has 3 heteroatoms. The van der Waals surface area contributed by atoms with Crippen LogP contribution < -0.4 is 5.73 Å². The third kappa shape index (κ3) is 2.79. The zero-order chi connectivity index (χ0) is 13.2. The van der Waals surface area contributed by atoms with Gasteiger partial charge >= 0.3 is 0 Å². The predicted molar refractivity (Wildman–Crippen MR) is 80.1 cm³/mol. The molecule has 1 aliphatic rings. The lowest BCUT2D eigenvalue weighted by Gasteiger charge is -2.42. The Morgan fingerprint density at radius 3 is 2.33 bits per heavy atom. The van der Waals surface area contributed by atoms with E-state index in [-0.39, 0.29) is 11.6 Å². The van der Waals surface area contributed by atoms with Crippen molar-refractivity contribution < 1.29 is 0 Å². The smallest absolute Gasteiger partial charge is 0.0574 e. The SMILES string of the molecule is Cc1ccsc1C(N)C(C)(C)N1CCCCCC1. The zero-order valence-electron chi connectivity index (χ0n) is 11.9. The van der Waals surface area contributed by atoms with Crippen LogP contribution in [-0.4, -0.2) is 23.5 Å². The van der Waals surface area contributed by atoms with E-state index < -0.39 is 0 Å². The molecule has 0 aromatic carbocycles. The third-order valence-electron chi connectivity index (χ3n) is 4.37. The Labute approximate surface area is 115 Å². The van der Waals surface area contributed by atoms with E-state index >= 15 is 0 Å². The average molecular weight is 266 g/mol. The average Bonchev–Trinajstić information content (AvgIpc) is 2.61. The van der Waals surface area contributed by atoms with Gasteiger partial charge in [-0.1, -0.05) is 12.8 Å². The van der Waals surface area contributed by atoms with Crippen molar-refractivity contribution in [2.75, 3.05) is 13.1 Å². The summed E-state index contributed by atoms with van der Waals surface area (Å²) >= 11 is 1.80. The number of nitrogens with two attached hydrogens (primary N) is 1. The molecule has 0 radical (unpaired) electrons. The van der Waals surface area contributed by atoms with E-state index in [2.05, 4.69) is 37.1 Å². The molecule has 102 valence electrons. The highest BCUT2D eigenvalue weighted by atomic mass is 32.1. The maximum absolute atomic E-state index is 6.57. The quantitative estimate of drug-likeness (QED) is 0.903. The summed E-state index contributed by atoms with van der Waals surface area (Å²) in [7, 11) is 0. The van der Waals surface area contributed by atoms with Gasteiger partial charge in [0.15, 0.2) is 0 Å². The lowest BCUT2D eigenvalue weighted by atomic mass is 9.90. The van der Waals surface area contributed by atoms with Gasteiger partial charge in [-0.2, -0.15) is 0 Å². The van der Waals surface area contributed by atoms with Gasteiger partial charge in [0.1, 0.15) is 0 Å². The van der Waals surface area contributed by atoms with Gasteiger partial charge in [-0.15, -0.1) is 11.3 Å². The van der Waals surface area contributed by atoms with Crippen LogP contribution in [0.2, 0.25) is 0 Å². The second kappa shape index (κ2) is 5.72. The summed E-state index contributed by atoms with van der Waals surface area (Å²) in [6, 6.07) is 2.30. The van der Waals surface area contributed by atoms with Crippen molar-refractivity contribution in [2.45, 2.75) is 58.0 Å². The normalized spacial score (nSPS) is 20.7. The standard InChI is InChI=1S/C15H26N2S/c1-12-8-11-18-13(12)14(16)15(2,3)17-9-6-4-5-7-10-17/h8,11,14H,4-7,9-10,16H2,1-3H3. The Kier molecular flexibility index (Phi) is 4.46. The van der Waals surface area contributed by atoms with Gasteiger partial charge in [-0.05, 0) is 63.7 Å². The molecule has 2 heterocycles. The zero-order valence-corrected chi connectivity index (χ0v) is 12.7. The fraction of sp³-hybridized carbons (Fsp3) is 0.733. The summed E-state index contributed by atoms with van der Waals surface area (Å²) in [6.07, 6.45) is 5.39. The molecule has 1 fully saturated rings. The molecule has 0 saturated carbocycles. The summed E-state index contributed by atoms with van der Waals surface area (Å²) in [6.45, 7) is 9.19. The summed E-state index contributed by atoms with van der Waals surface area (Å²) in [4.78, 5) is 3.95. The van der Waals surface area contributed by atoms with Crippen molar-refractivity contribution in [3.05, 3.63) is 21.9 Å². The first-order valence-electron chi connectivity index (χ1n) is 7.08. The number of thiophene rings is 1. The Morgan fingerprint density at radius 2 is 1.83 bits per heavy atom. The molecule has 1 saturated heterocycles. The van der Waals surface area contributed by atoms with E-state index in [4.69, 9.17) is 5.73 Å². The number of hydrogen-bond acceptors (Lipinski definition) is 3. The van der Waals surface area contributed by atoms with Gasteiger partial charge in [0.2, 0.25) is 0 Å². The Hall–Kier alpha value is -0.380. The second-order valence-corrected chi connectivity index (χ2v) is 6.95. The highest BCUT2D eigenvalue weighted by Crippen LogP contribution is 2.34. The highest BCUT2D eigenvalue weighted by Gasteiger charge is 2.35. The van der Waals surface area contributed by atoms with E-state index in [0.717, 1.165) is 0 Å². The van der Waals surface area contributed by atoms with Crippen LogP contribution in [0.3, 0.4) is 0 Å². The lowest BCUT2D eigenvalue weighted by Crippen LogP contribution is -2.51. The van der Waals surface area contributed by atoms with Crippen LogP contribution in [0.25, 0.3) is 0 Å². The minimum atomic E-state index is 0.0555. The minimum Gasteiger partial charge on any atom is -0.322 e.